The van der Waals surface area contributed by atoms with Crippen molar-refractivity contribution in [1.82, 2.24) is 0 Å². The average Bonchev–Trinajstić information content (AvgIpc) is 3.11. The van der Waals surface area contributed by atoms with Gasteiger partial charge in [-0.2, -0.15) is 0 Å². The van der Waals surface area contributed by atoms with Gasteiger partial charge in [0, 0.05) is 11.4 Å². The van der Waals surface area contributed by atoms with Crippen molar-refractivity contribution in [1.29, 1.82) is 0 Å². The van der Waals surface area contributed by atoms with Crippen LogP contribution < -0.4 is 19.7 Å². The van der Waals surface area contributed by atoms with Crippen molar-refractivity contribution < 1.29 is 23.0 Å². The van der Waals surface area contributed by atoms with Gasteiger partial charge < -0.3 is 14.8 Å². The second-order valence-electron chi connectivity index (χ2n) is 6.92. The maximum atomic E-state index is 13.5. The highest BCUT2D eigenvalue weighted by Gasteiger charge is 2.35. The summed E-state index contributed by atoms with van der Waals surface area (Å²) in [6, 6.07) is 16.4. The van der Waals surface area contributed by atoms with Gasteiger partial charge in [0.05, 0.1) is 20.3 Å². The summed E-state index contributed by atoms with van der Waals surface area (Å²) in [6.45, 7) is 0. The first kappa shape index (κ1) is 20.4. The molecule has 1 aliphatic heterocycles. The molecule has 1 heterocycles. The third kappa shape index (κ3) is 4.07. The number of anilines is 2. The zero-order valence-corrected chi connectivity index (χ0v) is 16.9. The van der Waals surface area contributed by atoms with E-state index in [0.29, 0.717) is 28.6 Å². The number of carbonyl (C=O) groups is 1. The second-order valence-corrected chi connectivity index (χ2v) is 6.92. The van der Waals surface area contributed by atoms with Gasteiger partial charge in [0.2, 0.25) is 0 Å². The van der Waals surface area contributed by atoms with Crippen LogP contribution in [0.15, 0.2) is 78.5 Å². The number of halogens is 2. The van der Waals surface area contributed by atoms with Gasteiger partial charge in [-0.3, -0.25) is 9.69 Å². The first-order valence-corrected chi connectivity index (χ1v) is 9.55. The van der Waals surface area contributed by atoms with Crippen LogP contribution in [0.4, 0.5) is 20.2 Å². The molecular formula is C24H20F2N2O3. The number of amides is 1. The van der Waals surface area contributed by atoms with Crippen molar-refractivity contribution in [2.75, 3.05) is 24.4 Å². The molecular weight excluding hydrogens is 402 g/mol. The van der Waals surface area contributed by atoms with Crippen molar-refractivity contribution in [3.8, 4) is 11.5 Å². The molecule has 31 heavy (non-hydrogen) atoms. The molecule has 1 amide bonds. The summed E-state index contributed by atoms with van der Waals surface area (Å²) in [5.41, 5.74) is 2.23. The predicted octanol–water partition coefficient (Wildman–Crippen LogP) is 5.07. The van der Waals surface area contributed by atoms with Crippen molar-refractivity contribution in [2.24, 2.45) is 0 Å². The summed E-state index contributed by atoms with van der Waals surface area (Å²) in [4.78, 5) is 14.9. The molecule has 0 radical (unpaired) electrons. The molecule has 1 N–H and O–H groups in total. The van der Waals surface area contributed by atoms with E-state index in [-0.39, 0.29) is 11.7 Å². The molecule has 0 bridgehead atoms. The Morgan fingerprint density at radius 1 is 0.839 bits per heavy atom. The van der Waals surface area contributed by atoms with Gasteiger partial charge in [-0.15, -0.1) is 0 Å². The van der Waals surface area contributed by atoms with Crippen LogP contribution >= 0.6 is 0 Å². The van der Waals surface area contributed by atoms with Crippen molar-refractivity contribution in [2.45, 2.75) is 6.04 Å². The van der Waals surface area contributed by atoms with E-state index in [1.54, 1.807) is 54.5 Å². The molecule has 0 spiro atoms. The van der Waals surface area contributed by atoms with Crippen LogP contribution in [-0.4, -0.2) is 20.1 Å². The Balaban J connectivity index is 1.75. The van der Waals surface area contributed by atoms with Crippen molar-refractivity contribution in [3.05, 3.63) is 95.7 Å². The third-order valence-corrected chi connectivity index (χ3v) is 5.03. The van der Waals surface area contributed by atoms with Crippen LogP contribution in [0, 0.1) is 11.6 Å². The van der Waals surface area contributed by atoms with E-state index < -0.39 is 11.9 Å². The van der Waals surface area contributed by atoms with E-state index in [1.165, 1.54) is 31.4 Å². The molecule has 3 aromatic carbocycles. The summed E-state index contributed by atoms with van der Waals surface area (Å²) in [5, 5.41) is 3.05. The number of carbonyl (C=O) groups excluding carboxylic acids is 1. The number of hydrogen-bond donors (Lipinski definition) is 1. The zero-order chi connectivity index (χ0) is 22.0. The molecule has 4 rings (SSSR count). The van der Waals surface area contributed by atoms with Crippen LogP contribution in [0.25, 0.3) is 0 Å². The number of hydrogen-bond acceptors (Lipinski definition) is 4. The van der Waals surface area contributed by atoms with Gasteiger partial charge in [0.15, 0.2) is 11.5 Å². The number of nitrogens with one attached hydrogen (secondary N) is 1. The summed E-state index contributed by atoms with van der Waals surface area (Å²) < 4.78 is 37.4. The lowest BCUT2D eigenvalue weighted by Crippen LogP contribution is -2.30. The third-order valence-electron chi connectivity index (χ3n) is 5.03. The fraction of sp³-hybridized carbons (Fsp3) is 0.125. The maximum Gasteiger partial charge on any atom is 0.275 e. The number of ether oxygens (including phenoxy) is 2. The van der Waals surface area contributed by atoms with Crippen molar-refractivity contribution >= 4 is 17.3 Å². The Hall–Kier alpha value is -3.87. The topological polar surface area (TPSA) is 50.8 Å². The first-order chi connectivity index (χ1) is 15.0. The highest BCUT2D eigenvalue weighted by Crippen LogP contribution is 2.39. The SMILES string of the molecule is COc1ccc(C2C=C(Nc3ccc(F)cc3)C(=O)N2c2ccc(F)cc2)cc1OC. The predicted molar refractivity (Wildman–Crippen MR) is 114 cm³/mol. The minimum Gasteiger partial charge on any atom is -0.493 e. The van der Waals surface area contributed by atoms with Crippen LogP contribution in [0.1, 0.15) is 11.6 Å². The number of benzene rings is 3. The fourth-order valence-electron chi connectivity index (χ4n) is 3.51. The fourth-order valence-corrected chi connectivity index (χ4v) is 3.51. The second kappa shape index (κ2) is 8.47. The lowest BCUT2D eigenvalue weighted by Gasteiger charge is -2.26. The molecule has 0 saturated carbocycles. The van der Waals surface area contributed by atoms with Gasteiger partial charge in [-0.25, -0.2) is 8.78 Å². The Morgan fingerprint density at radius 3 is 2.06 bits per heavy atom. The van der Waals surface area contributed by atoms with Gasteiger partial charge >= 0.3 is 0 Å². The molecule has 0 aromatic heterocycles. The Morgan fingerprint density at radius 2 is 1.45 bits per heavy atom. The van der Waals surface area contributed by atoms with E-state index in [9.17, 15) is 13.6 Å². The highest BCUT2D eigenvalue weighted by atomic mass is 19.1. The number of rotatable bonds is 6. The van der Waals surface area contributed by atoms with E-state index >= 15 is 0 Å². The molecule has 0 fully saturated rings. The summed E-state index contributed by atoms with van der Waals surface area (Å²) in [5.74, 6) is 0.0391. The van der Waals surface area contributed by atoms with Crippen LogP contribution in [0.3, 0.4) is 0 Å². The van der Waals surface area contributed by atoms with E-state index in [4.69, 9.17) is 9.47 Å². The summed E-state index contributed by atoms with van der Waals surface area (Å²) >= 11 is 0. The Labute approximate surface area is 178 Å². The lowest BCUT2D eigenvalue weighted by atomic mass is 10.1. The minimum atomic E-state index is -0.472. The van der Waals surface area contributed by atoms with Gasteiger partial charge in [0.25, 0.3) is 5.91 Å². The monoisotopic (exact) mass is 422 g/mol. The summed E-state index contributed by atoms with van der Waals surface area (Å²) in [7, 11) is 3.09. The highest BCUT2D eigenvalue weighted by molar-refractivity contribution is 6.11. The Bertz CT molecular complexity index is 1130. The summed E-state index contributed by atoms with van der Waals surface area (Å²) in [6.07, 6.45) is 1.77. The molecule has 3 aromatic rings. The molecule has 1 aliphatic rings. The quantitative estimate of drug-likeness (QED) is 0.603. The molecule has 7 heteroatoms. The molecule has 0 aliphatic carbocycles. The Kier molecular flexibility index (Phi) is 5.58. The van der Waals surface area contributed by atoms with Crippen LogP contribution in [0.2, 0.25) is 0 Å². The normalized spacial score (nSPS) is 15.6. The van der Waals surface area contributed by atoms with E-state index in [0.717, 1.165) is 5.56 Å². The average molecular weight is 422 g/mol. The van der Waals surface area contributed by atoms with Gasteiger partial charge in [-0.05, 0) is 72.3 Å². The van der Waals surface area contributed by atoms with E-state index in [2.05, 4.69) is 5.32 Å². The molecule has 1 atom stereocenters. The van der Waals surface area contributed by atoms with Crippen molar-refractivity contribution in [3.63, 3.8) is 0 Å². The number of nitrogens with zero attached hydrogens (tertiary/aromatic N) is 1. The van der Waals surface area contributed by atoms with Crippen LogP contribution in [0.5, 0.6) is 11.5 Å². The number of methoxy groups -OCH3 is 2. The maximum absolute atomic E-state index is 13.5. The lowest BCUT2D eigenvalue weighted by molar-refractivity contribution is -0.114. The molecule has 158 valence electrons. The van der Waals surface area contributed by atoms with Gasteiger partial charge in [0.1, 0.15) is 17.3 Å². The standard InChI is InChI=1S/C24H20F2N2O3/c1-30-22-12-3-15(13-23(22)31-2)21-14-20(27-18-8-4-16(25)5-9-18)24(29)28(21)19-10-6-17(26)7-11-19/h3-14,21,27H,1-2H3. The van der Waals surface area contributed by atoms with E-state index in [1.807, 2.05) is 6.07 Å². The molecule has 1 unspecified atom stereocenters. The largest absolute Gasteiger partial charge is 0.493 e. The zero-order valence-electron chi connectivity index (χ0n) is 16.9. The molecule has 0 saturated heterocycles. The smallest absolute Gasteiger partial charge is 0.275 e. The first-order valence-electron chi connectivity index (χ1n) is 9.55. The minimum absolute atomic E-state index is 0.296. The van der Waals surface area contributed by atoms with Crippen LogP contribution in [-0.2, 0) is 4.79 Å². The molecule has 5 nitrogen and oxygen atoms in total. The van der Waals surface area contributed by atoms with Gasteiger partial charge in [-0.1, -0.05) is 6.07 Å².